The molecule has 2 amide bonds. The Morgan fingerprint density at radius 2 is 2.22 bits per heavy atom. The van der Waals surface area contributed by atoms with E-state index in [1.807, 2.05) is 4.90 Å². The van der Waals surface area contributed by atoms with E-state index >= 15 is 0 Å². The average molecular weight is 287 g/mol. The van der Waals surface area contributed by atoms with Crippen LogP contribution in [0.15, 0.2) is 18.2 Å². The van der Waals surface area contributed by atoms with E-state index in [1.165, 1.54) is 6.42 Å². The summed E-state index contributed by atoms with van der Waals surface area (Å²) in [6, 6.07) is 4.93. The topological polar surface area (TPSA) is 32.3 Å². The second-order valence-corrected chi connectivity index (χ2v) is 5.59. The quantitative estimate of drug-likeness (QED) is 0.822. The van der Waals surface area contributed by atoms with Crippen LogP contribution in [0, 0.1) is 5.92 Å². The highest BCUT2D eigenvalue weighted by atomic mass is 35.5. The number of hydrogen-bond donors (Lipinski definition) is 1. The van der Waals surface area contributed by atoms with Gasteiger partial charge in [-0.25, -0.2) is 4.79 Å². The molecule has 1 aromatic carbocycles. The summed E-state index contributed by atoms with van der Waals surface area (Å²) in [5, 5.41) is 3.87. The van der Waals surface area contributed by atoms with Crippen molar-refractivity contribution in [3.05, 3.63) is 28.2 Å². The molecule has 3 nitrogen and oxygen atoms in total. The molecule has 0 radical (unpaired) electrons. The summed E-state index contributed by atoms with van der Waals surface area (Å²) < 4.78 is 0. The normalized spacial score (nSPS) is 19.7. The fraction of sp³-hybridized carbons (Fsp3) is 0.462. The minimum absolute atomic E-state index is 0.106. The molecule has 1 saturated heterocycles. The zero-order valence-electron chi connectivity index (χ0n) is 10.2. The molecular formula is C13H16Cl2N2O. The second kappa shape index (κ2) is 5.81. The Hall–Kier alpha value is -0.930. The third kappa shape index (κ3) is 3.30. The predicted molar refractivity (Wildman–Crippen MR) is 75.5 cm³/mol. The van der Waals surface area contributed by atoms with Gasteiger partial charge in [0, 0.05) is 18.1 Å². The Kier molecular flexibility index (Phi) is 4.36. The van der Waals surface area contributed by atoms with Crippen LogP contribution < -0.4 is 5.32 Å². The number of rotatable bonds is 1. The molecule has 0 bridgehead atoms. The molecule has 1 aliphatic heterocycles. The number of amides is 2. The first-order valence-corrected chi connectivity index (χ1v) is 6.83. The largest absolute Gasteiger partial charge is 0.324 e. The lowest BCUT2D eigenvalue weighted by Crippen LogP contribution is -2.41. The highest BCUT2D eigenvalue weighted by molar-refractivity contribution is 6.35. The third-order valence-corrected chi connectivity index (χ3v) is 3.68. The molecule has 1 aromatic rings. The summed E-state index contributed by atoms with van der Waals surface area (Å²) in [5.41, 5.74) is 0.562. The van der Waals surface area contributed by atoms with Crippen molar-refractivity contribution in [1.29, 1.82) is 0 Å². The van der Waals surface area contributed by atoms with Gasteiger partial charge >= 0.3 is 6.03 Å². The minimum Gasteiger partial charge on any atom is -0.324 e. The number of nitrogens with one attached hydrogen (secondary N) is 1. The number of carbonyl (C=O) groups is 1. The van der Waals surface area contributed by atoms with E-state index in [0.29, 0.717) is 21.7 Å². The highest BCUT2D eigenvalue weighted by Gasteiger charge is 2.21. The summed E-state index contributed by atoms with van der Waals surface area (Å²) >= 11 is 11.9. The van der Waals surface area contributed by atoms with Crippen molar-refractivity contribution in [2.75, 3.05) is 18.4 Å². The monoisotopic (exact) mass is 286 g/mol. The van der Waals surface area contributed by atoms with Crippen molar-refractivity contribution >= 4 is 34.9 Å². The molecular weight excluding hydrogens is 271 g/mol. The number of nitrogens with zero attached hydrogens (tertiary/aromatic N) is 1. The van der Waals surface area contributed by atoms with E-state index < -0.39 is 0 Å². The van der Waals surface area contributed by atoms with Crippen molar-refractivity contribution in [2.24, 2.45) is 5.92 Å². The van der Waals surface area contributed by atoms with Gasteiger partial charge in [-0.2, -0.15) is 0 Å². The summed E-state index contributed by atoms with van der Waals surface area (Å²) in [4.78, 5) is 13.9. The zero-order chi connectivity index (χ0) is 13.1. The summed E-state index contributed by atoms with van der Waals surface area (Å²) in [6.07, 6.45) is 2.24. The molecule has 98 valence electrons. The lowest BCUT2D eigenvalue weighted by atomic mass is 10.0. The maximum absolute atomic E-state index is 12.1. The molecule has 5 heteroatoms. The lowest BCUT2D eigenvalue weighted by molar-refractivity contribution is 0.182. The molecule has 18 heavy (non-hydrogen) atoms. The number of anilines is 1. The average Bonchev–Trinajstić information content (AvgIpc) is 2.34. The van der Waals surface area contributed by atoms with Gasteiger partial charge in [0.05, 0.1) is 10.7 Å². The van der Waals surface area contributed by atoms with Gasteiger partial charge in [-0.1, -0.05) is 30.1 Å². The van der Waals surface area contributed by atoms with Gasteiger partial charge in [0.25, 0.3) is 0 Å². The van der Waals surface area contributed by atoms with Crippen molar-refractivity contribution < 1.29 is 4.79 Å². The van der Waals surface area contributed by atoms with Crippen molar-refractivity contribution in [1.82, 2.24) is 4.90 Å². The molecule has 2 rings (SSSR count). The van der Waals surface area contributed by atoms with E-state index in [0.717, 1.165) is 19.5 Å². The first-order chi connectivity index (χ1) is 8.56. The van der Waals surface area contributed by atoms with Crippen molar-refractivity contribution in [2.45, 2.75) is 19.8 Å². The van der Waals surface area contributed by atoms with Crippen LogP contribution in [0.2, 0.25) is 10.0 Å². The molecule has 1 heterocycles. The number of urea groups is 1. The number of piperidine rings is 1. The van der Waals surface area contributed by atoms with Gasteiger partial charge in [-0.3, -0.25) is 0 Å². The maximum atomic E-state index is 12.1. The van der Waals surface area contributed by atoms with Crippen LogP contribution in [0.3, 0.4) is 0 Å². The van der Waals surface area contributed by atoms with E-state index in [-0.39, 0.29) is 6.03 Å². The van der Waals surface area contributed by atoms with E-state index in [4.69, 9.17) is 23.2 Å². The minimum atomic E-state index is -0.106. The summed E-state index contributed by atoms with van der Waals surface area (Å²) in [6.45, 7) is 3.75. The SMILES string of the molecule is CC1CCCN(C(=O)Nc2cc(Cl)ccc2Cl)C1. The predicted octanol–water partition coefficient (Wildman–Crippen LogP) is 4.26. The van der Waals surface area contributed by atoms with Gasteiger partial charge in [0.1, 0.15) is 0 Å². The smallest absolute Gasteiger partial charge is 0.321 e. The summed E-state index contributed by atoms with van der Waals surface area (Å²) in [7, 11) is 0. The van der Waals surface area contributed by atoms with Gasteiger partial charge in [-0.05, 0) is 37.0 Å². The third-order valence-electron chi connectivity index (χ3n) is 3.11. The van der Waals surface area contributed by atoms with Gasteiger partial charge < -0.3 is 10.2 Å². The van der Waals surface area contributed by atoms with Crippen LogP contribution >= 0.6 is 23.2 Å². The Morgan fingerprint density at radius 3 is 2.94 bits per heavy atom. The molecule has 1 N–H and O–H groups in total. The van der Waals surface area contributed by atoms with Crippen LogP contribution in [-0.4, -0.2) is 24.0 Å². The fourth-order valence-electron chi connectivity index (χ4n) is 2.16. The molecule has 0 saturated carbocycles. The Bertz CT molecular complexity index is 451. The molecule has 1 atom stereocenters. The molecule has 1 fully saturated rings. The first kappa shape index (κ1) is 13.5. The number of likely N-dealkylation sites (tertiary alicyclic amines) is 1. The Balaban J connectivity index is 2.04. The first-order valence-electron chi connectivity index (χ1n) is 6.07. The number of carbonyl (C=O) groups excluding carboxylic acids is 1. The van der Waals surface area contributed by atoms with Crippen molar-refractivity contribution in [3.63, 3.8) is 0 Å². The standard InChI is InChI=1S/C13H16Cl2N2O/c1-9-3-2-6-17(8-9)13(18)16-12-7-10(14)4-5-11(12)15/h4-5,7,9H,2-3,6,8H2,1H3,(H,16,18). The fourth-order valence-corrected chi connectivity index (χ4v) is 2.50. The maximum Gasteiger partial charge on any atom is 0.321 e. The van der Waals surface area contributed by atoms with Gasteiger partial charge in [0.15, 0.2) is 0 Å². The second-order valence-electron chi connectivity index (χ2n) is 4.75. The van der Waals surface area contributed by atoms with Crippen LogP contribution in [0.5, 0.6) is 0 Å². The summed E-state index contributed by atoms with van der Waals surface area (Å²) in [5.74, 6) is 0.555. The lowest BCUT2D eigenvalue weighted by Gasteiger charge is -2.31. The van der Waals surface area contributed by atoms with E-state index in [9.17, 15) is 4.79 Å². The van der Waals surface area contributed by atoms with E-state index in [1.54, 1.807) is 18.2 Å². The van der Waals surface area contributed by atoms with Crippen LogP contribution in [-0.2, 0) is 0 Å². The Labute approximate surface area is 117 Å². The number of halogens is 2. The molecule has 1 unspecified atom stereocenters. The highest BCUT2D eigenvalue weighted by Crippen LogP contribution is 2.26. The molecule has 1 aliphatic rings. The molecule has 0 aliphatic carbocycles. The van der Waals surface area contributed by atoms with Crippen LogP contribution in [0.4, 0.5) is 10.5 Å². The Morgan fingerprint density at radius 1 is 1.44 bits per heavy atom. The van der Waals surface area contributed by atoms with Crippen molar-refractivity contribution in [3.8, 4) is 0 Å². The van der Waals surface area contributed by atoms with E-state index in [2.05, 4.69) is 12.2 Å². The number of hydrogen-bond acceptors (Lipinski definition) is 1. The number of benzene rings is 1. The van der Waals surface area contributed by atoms with Crippen LogP contribution in [0.25, 0.3) is 0 Å². The molecule has 0 spiro atoms. The zero-order valence-corrected chi connectivity index (χ0v) is 11.8. The van der Waals surface area contributed by atoms with Crippen LogP contribution in [0.1, 0.15) is 19.8 Å². The van der Waals surface area contributed by atoms with Gasteiger partial charge in [-0.15, -0.1) is 0 Å². The van der Waals surface area contributed by atoms with Gasteiger partial charge in [0.2, 0.25) is 0 Å². The molecule has 0 aromatic heterocycles.